The molecule has 0 aliphatic carbocycles. The Bertz CT molecular complexity index is 1330. The Kier molecular flexibility index (Phi) is 8.78. The molecule has 4 aromatic rings. The van der Waals surface area contributed by atoms with E-state index in [1.165, 1.54) is 12.1 Å². The minimum atomic E-state index is -0.602. The smallest absolute Gasteiger partial charge is 0.414 e. The Labute approximate surface area is 208 Å². The molecule has 2 heterocycles. The molecule has 188 valence electrons. The minimum absolute atomic E-state index is 0.0248. The van der Waals surface area contributed by atoms with Crippen molar-refractivity contribution in [3.63, 3.8) is 0 Å². The van der Waals surface area contributed by atoms with Crippen molar-refractivity contribution in [3.8, 4) is 0 Å². The van der Waals surface area contributed by atoms with Crippen molar-refractivity contribution in [1.82, 2.24) is 9.13 Å². The van der Waals surface area contributed by atoms with Crippen molar-refractivity contribution in [2.45, 2.75) is 52.6 Å². The second kappa shape index (κ2) is 12.0. The van der Waals surface area contributed by atoms with Gasteiger partial charge in [0.05, 0.1) is 13.1 Å². The molecule has 8 nitrogen and oxygen atoms in total. The van der Waals surface area contributed by atoms with E-state index in [2.05, 4.69) is 0 Å². The third-order valence-electron chi connectivity index (χ3n) is 5.42. The van der Waals surface area contributed by atoms with Crippen molar-refractivity contribution in [3.05, 3.63) is 137 Å². The molecule has 0 aliphatic heterocycles. The molecule has 2 aromatic heterocycles. The lowest BCUT2D eigenvalue weighted by molar-refractivity contribution is 0.382. The molecule has 0 radical (unpaired) electrons. The molecule has 2 aromatic carbocycles. The molecule has 0 bridgehead atoms. The van der Waals surface area contributed by atoms with Crippen LogP contribution in [-0.4, -0.2) is 9.13 Å². The van der Waals surface area contributed by atoms with Gasteiger partial charge in [0, 0.05) is 24.0 Å². The molecule has 8 heteroatoms. The van der Waals surface area contributed by atoms with E-state index in [9.17, 15) is 19.2 Å². The molecule has 0 spiro atoms. The van der Waals surface area contributed by atoms with Crippen LogP contribution < -0.4 is 22.6 Å². The van der Waals surface area contributed by atoms with Crippen molar-refractivity contribution in [2.75, 3.05) is 0 Å². The summed E-state index contributed by atoms with van der Waals surface area (Å²) in [5.74, 6) is -0.303. The van der Waals surface area contributed by atoms with Crippen molar-refractivity contribution in [1.29, 1.82) is 0 Å². The monoisotopic (exact) mass is 490 g/mol. The number of nitrogens with zero attached hydrogens (tertiary/aromatic N) is 2. The lowest BCUT2D eigenvalue weighted by Crippen LogP contribution is -2.33. The van der Waals surface area contributed by atoms with E-state index in [0.717, 1.165) is 20.3 Å². The SMILES string of the molecule is CC(C)c1cc(=O)n(Cc2ccccc2)c(=O)o1.CC(C)c1cc(=O)n(Cc2ccccc2)c(=O)o1. The van der Waals surface area contributed by atoms with E-state index in [1.807, 2.05) is 88.4 Å². The quantitative estimate of drug-likeness (QED) is 0.405. The third kappa shape index (κ3) is 6.91. The van der Waals surface area contributed by atoms with E-state index in [1.54, 1.807) is 0 Å². The predicted octanol–water partition coefficient (Wildman–Crippen LogP) is 3.95. The summed E-state index contributed by atoms with van der Waals surface area (Å²) in [6.45, 7) is 7.97. The topological polar surface area (TPSA) is 104 Å². The Morgan fingerprint density at radius 2 is 0.917 bits per heavy atom. The van der Waals surface area contributed by atoms with Gasteiger partial charge in [-0.05, 0) is 11.1 Å². The molecule has 0 amide bonds. The van der Waals surface area contributed by atoms with Gasteiger partial charge in [-0.15, -0.1) is 0 Å². The average molecular weight is 491 g/mol. The zero-order valence-electron chi connectivity index (χ0n) is 20.8. The zero-order chi connectivity index (χ0) is 26.2. The van der Waals surface area contributed by atoms with Crippen LogP contribution in [0.25, 0.3) is 0 Å². The molecule has 0 aliphatic rings. The van der Waals surface area contributed by atoms with Crippen LogP contribution in [-0.2, 0) is 13.1 Å². The standard InChI is InChI=1S/2C14H15NO3/c2*1-10(2)12-8-13(16)15(14(17)18-12)9-11-6-4-3-5-7-11/h2*3-8,10H,9H2,1-2H3. The fourth-order valence-corrected chi connectivity index (χ4v) is 3.34. The van der Waals surface area contributed by atoms with E-state index in [-0.39, 0.29) is 36.0 Å². The van der Waals surface area contributed by atoms with Gasteiger partial charge in [-0.25, -0.2) is 18.7 Å². The van der Waals surface area contributed by atoms with E-state index in [0.29, 0.717) is 11.5 Å². The largest absolute Gasteiger partial charge is 0.422 e. The molecular weight excluding hydrogens is 460 g/mol. The van der Waals surface area contributed by atoms with Crippen LogP contribution >= 0.6 is 0 Å². The third-order valence-corrected chi connectivity index (χ3v) is 5.42. The molecule has 0 unspecified atom stereocenters. The van der Waals surface area contributed by atoms with Gasteiger partial charge in [0.15, 0.2) is 0 Å². The van der Waals surface area contributed by atoms with Crippen LogP contribution in [0.5, 0.6) is 0 Å². The zero-order valence-corrected chi connectivity index (χ0v) is 20.8. The van der Waals surface area contributed by atoms with Gasteiger partial charge in [0.25, 0.3) is 11.1 Å². The Morgan fingerprint density at radius 1 is 0.583 bits per heavy atom. The molecule has 0 saturated heterocycles. The van der Waals surface area contributed by atoms with Crippen molar-refractivity contribution in [2.24, 2.45) is 0 Å². The first-order valence-electron chi connectivity index (χ1n) is 11.7. The maximum Gasteiger partial charge on any atom is 0.422 e. The van der Waals surface area contributed by atoms with E-state index >= 15 is 0 Å². The Balaban J connectivity index is 0.000000201. The minimum Gasteiger partial charge on any atom is -0.414 e. The summed E-state index contributed by atoms with van der Waals surface area (Å²) in [5, 5.41) is 0. The maximum absolute atomic E-state index is 11.9. The molecule has 0 fully saturated rings. The van der Waals surface area contributed by atoms with Crippen LogP contribution in [0.1, 0.15) is 62.2 Å². The fraction of sp³-hybridized carbons (Fsp3) is 0.286. The summed E-state index contributed by atoms with van der Waals surface area (Å²) in [4.78, 5) is 47.3. The molecule has 0 N–H and O–H groups in total. The Hall–Kier alpha value is -4.20. The van der Waals surface area contributed by atoms with Gasteiger partial charge in [-0.3, -0.25) is 9.59 Å². The summed E-state index contributed by atoms with van der Waals surface area (Å²) in [5.41, 5.74) is 1.14. The number of aromatic nitrogens is 2. The van der Waals surface area contributed by atoms with Crippen LogP contribution in [0, 0.1) is 0 Å². The number of rotatable bonds is 6. The van der Waals surface area contributed by atoms with Crippen LogP contribution in [0.3, 0.4) is 0 Å². The number of hydrogen-bond acceptors (Lipinski definition) is 6. The number of benzene rings is 2. The molecule has 0 atom stereocenters. The summed E-state index contributed by atoms with van der Waals surface area (Å²) in [7, 11) is 0. The lowest BCUT2D eigenvalue weighted by Gasteiger charge is -2.06. The highest BCUT2D eigenvalue weighted by Crippen LogP contribution is 2.10. The first-order valence-corrected chi connectivity index (χ1v) is 11.7. The summed E-state index contributed by atoms with van der Waals surface area (Å²) in [6.07, 6.45) is 0. The van der Waals surface area contributed by atoms with Gasteiger partial charge in [-0.2, -0.15) is 0 Å². The van der Waals surface area contributed by atoms with Crippen molar-refractivity contribution < 1.29 is 8.83 Å². The highest BCUT2D eigenvalue weighted by atomic mass is 16.4. The second-order valence-electron chi connectivity index (χ2n) is 8.96. The summed E-state index contributed by atoms with van der Waals surface area (Å²) >= 11 is 0. The average Bonchev–Trinajstić information content (AvgIpc) is 2.85. The number of hydrogen-bond donors (Lipinski definition) is 0. The van der Waals surface area contributed by atoms with Crippen LogP contribution in [0.4, 0.5) is 0 Å². The van der Waals surface area contributed by atoms with Crippen LogP contribution in [0.2, 0.25) is 0 Å². The summed E-state index contributed by atoms with van der Waals surface area (Å²) in [6, 6.07) is 21.5. The second-order valence-corrected chi connectivity index (χ2v) is 8.96. The highest BCUT2D eigenvalue weighted by Gasteiger charge is 2.11. The van der Waals surface area contributed by atoms with Crippen molar-refractivity contribution >= 4 is 0 Å². The van der Waals surface area contributed by atoms with Gasteiger partial charge >= 0.3 is 11.5 Å². The predicted molar refractivity (Wildman–Crippen MR) is 138 cm³/mol. The highest BCUT2D eigenvalue weighted by molar-refractivity contribution is 5.16. The first-order chi connectivity index (χ1) is 17.2. The molecule has 36 heavy (non-hydrogen) atoms. The summed E-state index contributed by atoms with van der Waals surface area (Å²) < 4.78 is 12.5. The maximum atomic E-state index is 11.9. The van der Waals surface area contributed by atoms with E-state index in [4.69, 9.17) is 8.83 Å². The van der Waals surface area contributed by atoms with Gasteiger partial charge in [0.1, 0.15) is 11.5 Å². The van der Waals surface area contributed by atoms with Gasteiger partial charge in [-0.1, -0.05) is 88.4 Å². The van der Waals surface area contributed by atoms with E-state index < -0.39 is 11.5 Å². The van der Waals surface area contributed by atoms with Gasteiger partial charge in [0.2, 0.25) is 0 Å². The first kappa shape index (κ1) is 26.4. The lowest BCUT2D eigenvalue weighted by atomic mass is 10.1. The Morgan fingerprint density at radius 3 is 1.19 bits per heavy atom. The van der Waals surface area contributed by atoms with Crippen LogP contribution in [0.15, 0.2) is 101 Å². The molecule has 0 saturated carbocycles. The van der Waals surface area contributed by atoms with Gasteiger partial charge < -0.3 is 8.83 Å². The molecular formula is C28H30N2O6. The fourth-order valence-electron chi connectivity index (χ4n) is 3.34. The normalized spacial score (nSPS) is 10.8. The molecule has 4 rings (SSSR count).